The van der Waals surface area contributed by atoms with Gasteiger partial charge in [0.1, 0.15) is 0 Å². The summed E-state index contributed by atoms with van der Waals surface area (Å²) in [7, 11) is 0. The third-order valence-corrected chi connectivity index (χ3v) is 8.61. The molecule has 0 aliphatic carbocycles. The topological polar surface area (TPSA) is 0 Å². The van der Waals surface area contributed by atoms with Crippen LogP contribution in [0.5, 0.6) is 0 Å². The molecule has 70 valence electrons. The van der Waals surface area contributed by atoms with E-state index in [9.17, 15) is 0 Å². The predicted octanol–water partition coefficient (Wildman–Crippen LogP) is 4.27. The summed E-state index contributed by atoms with van der Waals surface area (Å²) in [4.78, 5) is 0. The van der Waals surface area contributed by atoms with Gasteiger partial charge >= 0.3 is 106 Å². The van der Waals surface area contributed by atoms with Crippen molar-refractivity contribution < 1.29 is 38.4 Å². The van der Waals surface area contributed by atoms with Crippen molar-refractivity contribution in [1.82, 2.24) is 0 Å². The Morgan fingerprint density at radius 2 is 1.67 bits per heavy atom. The van der Waals surface area contributed by atoms with Crippen LogP contribution in [0, 0.1) is 38.4 Å². The Bertz CT molecular complexity index is 85.9. The first-order valence-electron chi connectivity index (χ1n) is 5.27. The first-order valence-corrected chi connectivity index (χ1v) is 12.0. The monoisotopic (exact) mass is 314 g/mol. The summed E-state index contributed by atoms with van der Waals surface area (Å²) in [6.45, 7) is 4.70. The van der Waals surface area contributed by atoms with Crippen LogP contribution in [0.25, 0.3) is 0 Å². The van der Waals surface area contributed by atoms with Crippen molar-refractivity contribution in [3.63, 3.8) is 0 Å². The van der Waals surface area contributed by atoms with Crippen molar-refractivity contribution in [2.75, 3.05) is 0 Å². The van der Waals surface area contributed by atoms with Crippen LogP contribution in [0.15, 0.2) is 0 Å². The van der Waals surface area contributed by atoms with Gasteiger partial charge < -0.3 is 0 Å². The van der Waals surface area contributed by atoms with E-state index >= 15 is 0 Å². The number of hydrogen-bond acceptors (Lipinski definition) is 0. The third kappa shape index (κ3) is 9.88. The Hall–Kier alpha value is 1.79. The molecular weight excluding hydrogens is 292 g/mol. The zero-order valence-corrected chi connectivity index (χ0v) is 13.3. The molecule has 0 heterocycles. The van der Waals surface area contributed by atoms with Gasteiger partial charge in [0, 0.05) is 0 Å². The van der Waals surface area contributed by atoms with Gasteiger partial charge in [-0.3, -0.25) is 0 Å². The van der Waals surface area contributed by atoms with Crippen LogP contribution >= 0.6 is 3.40 Å². The molecule has 0 N–H and O–H groups in total. The van der Waals surface area contributed by atoms with Gasteiger partial charge in [-0.2, -0.15) is 0 Å². The van der Waals surface area contributed by atoms with Crippen molar-refractivity contribution in [2.45, 2.75) is 64.5 Å². The van der Waals surface area contributed by atoms with Crippen molar-refractivity contribution in [1.29, 1.82) is 0 Å². The molecule has 0 nitrogen and oxygen atoms in total. The molecule has 0 spiro atoms. The quantitative estimate of drug-likeness (QED) is 0.464. The molecule has 0 saturated heterocycles. The van der Waals surface area contributed by atoms with Crippen LogP contribution in [0.2, 0.25) is 0 Å². The first kappa shape index (κ1) is 13.8. The molecule has 0 aliphatic heterocycles. The number of unbranched alkanes of at least 4 members (excludes halogenated alkanes) is 5. The first-order chi connectivity index (χ1) is 5.81. The van der Waals surface area contributed by atoms with Crippen LogP contribution in [0.3, 0.4) is 0 Å². The van der Waals surface area contributed by atoms with Gasteiger partial charge in [-0.1, -0.05) is 0 Å². The third-order valence-electron chi connectivity index (χ3n) is 2.28. The molecule has 0 amide bonds. The van der Waals surface area contributed by atoms with E-state index in [0.717, 1.165) is 5.66 Å². The molecule has 0 bridgehead atoms. The molecule has 12 heavy (non-hydrogen) atoms. The summed E-state index contributed by atoms with van der Waals surface area (Å²) in [6.07, 6.45) is 10.2. The van der Waals surface area contributed by atoms with Crippen LogP contribution in [0.1, 0.15) is 58.8 Å². The molecule has 0 rings (SSSR count). The fraction of sp³-hybridized carbons (Fsp3) is 1.00. The average Bonchev–Trinajstić information content (AvgIpc) is 2.10. The van der Waals surface area contributed by atoms with Gasteiger partial charge in [0.05, 0.1) is 0 Å². The average molecular weight is 314 g/mol. The fourth-order valence-corrected chi connectivity index (χ4v) is 3.29. The predicted molar refractivity (Wildman–Crippen MR) is 55.8 cm³/mol. The minimum atomic E-state index is 1.06. The molecule has 0 fully saturated rings. The van der Waals surface area contributed by atoms with Crippen LogP contribution in [-0.2, 0) is 0 Å². The van der Waals surface area contributed by atoms with Crippen molar-refractivity contribution in [2.24, 2.45) is 0 Å². The second-order valence-corrected chi connectivity index (χ2v) is 8.15. The molecule has 0 saturated carbocycles. The summed E-state index contributed by atoms with van der Waals surface area (Å²) < 4.78 is 1.31. The molecule has 0 aliphatic rings. The van der Waals surface area contributed by atoms with Crippen LogP contribution in [0.4, 0.5) is 0 Å². The van der Waals surface area contributed by atoms with Gasteiger partial charge in [-0.15, -0.1) is 0 Å². The van der Waals surface area contributed by atoms with E-state index < -0.39 is 0 Å². The van der Waals surface area contributed by atoms with E-state index in [4.69, 9.17) is 0 Å². The van der Waals surface area contributed by atoms with E-state index in [1.807, 2.05) is 0 Å². The Balaban J connectivity index is 2.90. The van der Waals surface area contributed by atoms with E-state index in [2.05, 4.69) is 13.8 Å². The van der Waals surface area contributed by atoms with E-state index in [0.29, 0.717) is 0 Å². The van der Waals surface area contributed by atoms with Gasteiger partial charge in [-0.25, -0.2) is 0 Å². The molecule has 0 aromatic heterocycles. The Morgan fingerprint density at radius 1 is 1.08 bits per heavy atom. The molecular formula is C10H22PPr. The molecule has 0 aromatic carbocycles. The Kier molecular flexibility index (Phi) is 12.5. The Morgan fingerprint density at radius 3 is 2.25 bits per heavy atom. The minimum absolute atomic E-state index is 1.06. The fourth-order valence-electron chi connectivity index (χ4n) is 1.31. The van der Waals surface area contributed by atoms with Crippen LogP contribution < -0.4 is 0 Å². The zero-order chi connectivity index (χ0) is 9.23. The number of hydrogen-bond donors (Lipinski definition) is 0. The van der Waals surface area contributed by atoms with Gasteiger partial charge in [0.15, 0.2) is 0 Å². The molecule has 0 radical (unpaired) electrons. The second kappa shape index (κ2) is 10.9. The Labute approximate surface area is 105 Å². The van der Waals surface area contributed by atoms with Gasteiger partial charge in [0.2, 0.25) is 0 Å². The maximum atomic E-state index is 2.42. The second-order valence-electron chi connectivity index (χ2n) is 3.62. The SMILES string of the molecule is CCCCCCCCC(C)[PH][Pr]. The summed E-state index contributed by atoms with van der Waals surface area (Å²) in [5.74, 6) is 0. The van der Waals surface area contributed by atoms with Crippen molar-refractivity contribution >= 4 is 3.40 Å². The summed E-state index contributed by atoms with van der Waals surface area (Å²) >= 11 is 1.24. The maximum absolute atomic E-state index is 2.42. The van der Waals surface area contributed by atoms with Crippen LogP contribution in [-0.4, -0.2) is 5.66 Å². The summed E-state index contributed by atoms with van der Waals surface area (Å²) in [5, 5.41) is 0. The van der Waals surface area contributed by atoms with Crippen molar-refractivity contribution in [3.8, 4) is 0 Å². The summed E-state index contributed by atoms with van der Waals surface area (Å²) in [5.41, 5.74) is 1.06. The normalized spacial score (nSPS) is 14.1. The zero-order valence-electron chi connectivity index (χ0n) is 8.60. The van der Waals surface area contributed by atoms with E-state index in [-0.39, 0.29) is 0 Å². The van der Waals surface area contributed by atoms with E-state index in [1.54, 1.807) is 0 Å². The van der Waals surface area contributed by atoms with Gasteiger partial charge in [-0.05, 0) is 0 Å². The molecule has 2 atom stereocenters. The molecule has 2 unspecified atom stereocenters. The summed E-state index contributed by atoms with van der Waals surface area (Å²) in [6, 6.07) is 0. The molecule has 2 heteroatoms. The molecule has 0 aromatic rings. The van der Waals surface area contributed by atoms with Gasteiger partial charge in [0.25, 0.3) is 0 Å². The van der Waals surface area contributed by atoms with E-state index in [1.165, 1.54) is 86.8 Å². The van der Waals surface area contributed by atoms with Crippen molar-refractivity contribution in [3.05, 3.63) is 0 Å². The standard InChI is InChI=1S/C10H22P.Pr/c1-3-4-5-6-7-8-9-10(2)11;/h10-11H,3-9H2,1-2H3;/q-1;+1. The number of rotatable bonds is 8.